The lowest BCUT2D eigenvalue weighted by Gasteiger charge is -2.08. The summed E-state index contributed by atoms with van der Waals surface area (Å²) in [4.78, 5) is 5.53. The first kappa shape index (κ1) is 14.8. The molecule has 0 atom stereocenters. The number of aryl methyl sites for hydroxylation is 2. The monoisotopic (exact) mass is 343 g/mol. The number of benzene rings is 1. The van der Waals surface area contributed by atoms with Gasteiger partial charge in [-0.3, -0.25) is 4.72 Å². The third-order valence-electron chi connectivity index (χ3n) is 3.34. The molecule has 5 nitrogen and oxygen atoms in total. The molecule has 3 N–H and O–H groups in total. The van der Waals surface area contributed by atoms with Gasteiger partial charge in [-0.25, -0.2) is 13.4 Å². The molecule has 1 aliphatic carbocycles. The molecular weight excluding hydrogens is 330 g/mol. The van der Waals surface area contributed by atoms with E-state index in [-0.39, 0.29) is 16.5 Å². The van der Waals surface area contributed by atoms with Crippen molar-refractivity contribution in [2.75, 3.05) is 4.72 Å². The number of aromatic nitrogens is 1. The van der Waals surface area contributed by atoms with Gasteiger partial charge in [-0.2, -0.15) is 0 Å². The Bertz CT molecular complexity index is 765. The van der Waals surface area contributed by atoms with Crippen molar-refractivity contribution in [1.82, 2.24) is 4.98 Å². The van der Waals surface area contributed by atoms with Gasteiger partial charge in [0.15, 0.2) is 5.13 Å². The fourth-order valence-corrected chi connectivity index (χ4v) is 5.12. The van der Waals surface area contributed by atoms with Crippen molar-refractivity contribution in [3.05, 3.63) is 39.4 Å². The molecule has 8 heteroatoms. The highest BCUT2D eigenvalue weighted by Crippen LogP contribution is 2.32. The molecule has 1 aromatic heterocycles. The lowest BCUT2D eigenvalue weighted by molar-refractivity contribution is 0.601. The van der Waals surface area contributed by atoms with Crippen LogP contribution in [0.3, 0.4) is 0 Å². The van der Waals surface area contributed by atoms with E-state index in [1.165, 1.54) is 17.4 Å². The molecule has 0 bridgehead atoms. The fraction of sp³-hybridized carbons (Fsp3) is 0.308. The van der Waals surface area contributed by atoms with Gasteiger partial charge in [0, 0.05) is 11.4 Å². The van der Waals surface area contributed by atoms with Gasteiger partial charge < -0.3 is 5.73 Å². The minimum Gasteiger partial charge on any atom is -0.326 e. The summed E-state index contributed by atoms with van der Waals surface area (Å²) >= 11 is 7.39. The highest BCUT2D eigenvalue weighted by Gasteiger charge is 2.23. The number of thiazole rings is 1. The average molecular weight is 344 g/mol. The van der Waals surface area contributed by atoms with Crippen LogP contribution in [0, 0.1) is 0 Å². The van der Waals surface area contributed by atoms with Crippen LogP contribution in [-0.4, -0.2) is 13.4 Å². The Morgan fingerprint density at radius 1 is 1.38 bits per heavy atom. The molecule has 21 heavy (non-hydrogen) atoms. The minimum absolute atomic E-state index is 0.0301. The molecule has 0 unspecified atom stereocenters. The van der Waals surface area contributed by atoms with Crippen molar-refractivity contribution in [2.24, 2.45) is 5.73 Å². The number of fused-ring (bicyclic) bond motifs is 1. The summed E-state index contributed by atoms with van der Waals surface area (Å²) in [6.07, 6.45) is 2.97. The third-order valence-corrected chi connectivity index (χ3v) is 6.36. The van der Waals surface area contributed by atoms with Crippen LogP contribution in [0.1, 0.15) is 22.6 Å². The van der Waals surface area contributed by atoms with E-state index >= 15 is 0 Å². The molecule has 1 aliphatic rings. The number of sulfonamides is 1. The number of nitrogens with one attached hydrogen (secondary N) is 1. The average Bonchev–Trinajstić information content (AvgIpc) is 2.99. The van der Waals surface area contributed by atoms with Gasteiger partial charge in [0.25, 0.3) is 10.0 Å². The maximum absolute atomic E-state index is 12.4. The second-order valence-electron chi connectivity index (χ2n) is 4.82. The zero-order valence-electron chi connectivity index (χ0n) is 11.1. The molecule has 112 valence electrons. The van der Waals surface area contributed by atoms with Crippen molar-refractivity contribution >= 4 is 38.1 Å². The molecule has 0 saturated heterocycles. The fourth-order valence-electron chi connectivity index (χ4n) is 2.28. The quantitative estimate of drug-likeness (QED) is 0.893. The highest BCUT2D eigenvalue weighted by molar-refractivity contribution is 7.93. The van der Waals surface area contributed by atoms with Crippen LogP contribution in [-0.2, 0) is 29.4 Å². The van der Waals surface area contributed by atoms with Crippen LogP contribution < -0.4 is 10.5 Å². The summed E-state index contributed by atoms with van der Waals surface area (Å²) in [6, 6.07) is 4.74. The summed E-state index contributed by atoms with van der Waals surface area (Å²) in [5.74, 6) is 0. The van der Waals surface area contributed by atoms with Gasteiger partial charge in [-0.05, 0) is 37.0 Å². The normalized spacial score (nSPS) is 14.2. The van der Waals surface area contributed by atoms with E-state index in [0.717, 1.165) is 29.8 Å². The Balaban J connectivity index is 1.92. The van der Waals surface area contributed by atoms with Crippen molar-refractivity contribution in [3.63, 3.8) is 0 Å². The minimum atomic E-state index is -3.75. The smallest absolute Gasteiger partial charge is 0.265 e. The summed E-state index contributed by atoms with van der Waals surface area (Å²) in [7, 11) is -3.75. The summed E-state index contributed by atoms with van der Waals surface area (Å²) in [6.45, 7) is 0.255. The molecule has 0 radical (unpaired) electrons. The second-order valence-corrected chi connectivity index (χ2v) is 7.96. The Hall–Kier alpha value is -1.15. The summed E-state index contributed by atoms with van der Waals surface area (Å²) < 4.78 is 27.4. The Kier molecular flexibility index (Phi) is 3.92. The molecular formula is C13H14ClN3O2S2. The van der Waals surface area contributed by atoms with Gasteiger partial charge in [0.2, 0.25) is 0 Å². The van der Waals surface area contributed by atoms with Crippen LogP contribution in [0.15, 0.2) is 23.1 Å². The standard InChI is InChI=1S/C13H14ClN3O2S2/c14-9-5-4-8(7-15)6-12(9)21(18,19)17-13-16-10-2-1-3-11(10)20-13/h4-6H,1-3,7,15H2,(H,16,17). The number of halogens is 1. The Labute approximate surface area is 132 Å². The second kappa shape index (κ2) is 5.57. The number of nitrogens with zero attached hydrogens (tertiary/aromatic N) is 1. The van der Waals surface area contributed by atoms with E-state index < -0.39 is 10.0 Å². The maximum atomic E-state index is 12.4. The molecule has 3 rings (SSSR count). The van der Waals surface area contributed by atoms with Crippen molar-refractivity contribution < 1.29 is 8.42 Å². The third kappa shape index (κ3) is 2.91. The van der Waals surface area contributed by atoms with Gasteiger partial charge in [-0.1, -0.05) is 17.7 Å². The van der Waals surface area contributed by atoms with Crippen LogP contribution in [0.4, 0.5) is 5.13 Å². The van der Waals surface area contributed by atoms with Crippen molar-refractivity contribution in [3.8, 4) is 0 Å². The maximum Gasteiger partial charge on any atom is 0.265 e. The number of nitrogens with two attached hydrogens (primary N) is 1. The van der Waals surface area contributed by atoms with E-state index in [1.807, 2.05) is 0 Å². The largest absolute Gasteiger partial charge is 0.326 e. The van der Waals surface area contributed by atoms with Crippen LogP contribution in [0.2, 0.25) is 5.02 Å². The van der Waals surface area contributed by atoms with Crippen LogP contribution in [0.25, 0.3) is 0 Å². The summed E-state index contributed by atoms with van der Waals surface area (Å²) in [5.41, 5.74) is 7.25. The number of hydrogen-bond donors (Lipinski definition) is 2. The van der Waals surface area contributed by atoms with Crippen molar-refractivity contribution in [1.29, 1.82) is 0 Å². The van der Waals surface area contributed by atoms with E-state index in [4.69, 9.17) is 17.3 Å². The molecule has 0 fully saturated rings. The predicted molar refractivity (Wildman–Crippen MR) is 84.3 cm³/mol. The zero-order valence-corrected chi connectivity index (χ0v) is 13.5. The molecule has 0 aliphatic heterocycles. The lowest BCUT2D eigenvalue weighted by atomic mass is 10.2. The number of rotatable bonds is 4. The van der Waals surface area contributed by atoms with Crippen LogP contribution in [0.5, 0.6) is 0 Å². The SMILES string of the molecule is NCc1ccc(Cl)c(S(=O)(=O)Nc2nc3c(s2)CCC3)c1. The first-order valence-electron chi connectivity index (χ1n) is 6.49. The van der Waals surface area contributed by atoms with E-state index in [9.17, 15) is 8.42 Å². The Morgan fingerprint density at radius 2 is 2.19 bits per heavy atom. The molecule has 1 heterocycles. The van der Waals surface area contributed by atoms with Gasteiger partial charge in [0.1, 0.15) is 4.90 Å². The van der Waals surface area contributed by atoms with Crippen LogP contribution >= 0.6 is 22.9 Å². The first-order chi connectivity index (χ1) is 9.99. The topological polar surface area (TPSA) is 85.1 Å². The molecule has 0 amide bonds. The zero-order chi connectivity index (χ0) is 15.0. The highest BCUT2D eigenvalue weighted by atomic mass is 35.5. The number of anilines is 1. The Morgan fingerprint density at radius 3 is 2.90 bits per heavy atom. The first-order valence-corrected chi connectivity index (χ1v) is 9.17. The molecule has 0 saturated carbocycles. The van der Waals surface area contributed by atoms with Gasteiger partial charge in [-0.15, -0.1) is 11.3 Å². The molecule has 1 aromatic carbocycles. The number of hydrogen-bond acceptors (Lipinski definition) is 5. The lowest BCUT2D eigenvalue weighted by Crippen LogP contribution is -2.14. The van der Waals surface area contributed by atoms with E-state index in [0.29, 0.717) is 10.7 Å². The summed E-state index contributed by atoms with van der Waals surface area (Å²) in [5, 5.41) is 0.567. The van der Waals surface area contributed by atoms with Gasteiger partial charge in [0.05, 0.1) is 10.7 Å². The predicted octanol–water partition coefficient (Wildman–Crippen LogP) is 2.54. The molecule has 2 aromatic rings. The molecule has 0 spiro atoms. The van der Waals surface area contributed by atoms with Gasteiger partial charge >= 0.3 is 0 Å². The van der Waals surface area contributed by atoms with E-state index in [1.54, 1.807) is 12.1 Å². The van der Waals surface area contributed by atoms with E-state index in [2.05, 4.69) is 9.71 Å². The van der Waals surface area contributed by atoms with Crippen molar-refractivity contribution in [2.45, 2.75) is 30.7 Å².